The molecule has 0 saturated carbocycles. The summed E-state index contributed by atoms with van der Waals surface area (Å²) < 4.78 is 11.9. The number of hydrogen-bond acceptors (Lipinski definition) is 5. The lowest BCUT2D eigenvalue weighted by Crippen LogP contribution is -2.02. The van der Waals surface area contributed by atoms with Gasteiger partial charge in [-0.25, -0.2) is 9.78 Å². The van der Waals surface area contributed by atoms with Crippen LogP contribution in [-0.4, -0.2) is 21.2 Å². The Morgan fingerprint density at radius 1 is 1.00 bits per heavy atom. The summed E-state index contributed by atoms with van der Waals surface area (Å²) in [4.78, 5) is 15.4. The summed E-state index contributed by atoms with van der Waals surface area (Å²) >= 11 is 12.9. The molecule has 0 bridgehead atoms. The smallest absolute Gasteiger partial charge is 0.354 e. The lowest BCUT2D eigenvalue weighted by Gasteiger charge is -2.12. The number of aromatic nitrogens is 2. The van der Waals surface area contributed by atoms with Crippen LogP contribution in [0, 0.1) is 0 Å². The average molecular weight is 547 g/mol. The van der Waals surface area contributed by atoms with Gasteiger partial charge in [0.05, 0.1) is 21.1 Å². The van der Waals surface area contributed by atoms with Crippen LogP contribution in [0.5, 0.6) is 5.75 Å². The summed E-state index contributed by atoms with van der Waals surface area (Å²) in [5, 5.41) is 15.3. The van der Waals surface area contributed by atoms with Crippen LogP contribution in [0.4, 0.5) is 0 Å². The third-order valence-electron chi connectivity index (χ3n) is 6.56. The quantitative estimate of drug-likeness (QED) is 0.209. The van der Waals surface area contributed by atoms with E-state index in [4.69, 9.17) is 37.6 Å². The molecule has 0 aliphatic rings. The van der Waals surface area contributed by atoms with Crippen LogP contribution >= 0.6 is 23.2 Å². The van der Waals surface area contributed by atoms with Gasteiger partial charge in [-0.15, -0.1) is 0 Å². The standard InChI is InChI=1S/C30H24Cl2N2O4/c1-3-17(2)29-22(28(34-38-29)27-23(31)5-4-6-24(27)32)16-37-21-11-7-18(8-12-21)19-9-13-25-20(15-19)10-14-26(33-25)30(35)36/h4-15,17H,3,16H2,1-2H3,(H,35,36). The molecular formula is C30H24Cl2N2O4. The van der Waals surface area contributed by atoms with Crippen molar-refractivity contribution in [3.8, 4) is 28.1 Å². The Labute approximate surface area is 229 Å². The minimum absolute atomic E-state index is 0.0241. The molecule has 1 atom stereocenters. The van der Waals surface area contributed by atoms with E-state index in [0.717, 1.165) is 34.3 Å². The summed E-state index contributed by atoms with van der Waals surface area (Å²) in [6.45, 7) is 4.41. The van der Waals surface area contributed by atoms with Crippen LogP contribution < -0.4 is 4.74 Å². The highest BCUT2D eigenvalue weighted by Gasteiger charge is 2.24. The van der Waals surface area contributed by atoms with Crippen molar-refractivity contribution in [1.82, 2.24) is 10.1 Å². The highest BCUT2D eigenvalue weighted by atomic mass is 35.5. The van der Waals surface area contributed by atoms with Crippen LogP contribution in [0.2, 0.25) is 10.0 Å². The third kappa shape index (κ3) is 5.10. The van der Waals surface area contributed by atoms with Gasteiger partial charge in [-0.3, -0.25) is 0 Å². The fourth-order valence-corrected chi connectivity index (χ4v) is 4.85. The topological polar surface area (TPSA) is 85.5 Å². The maximum Gasteiger partial charge on any atom is 0.354 e. The van der Waals surface area contributed by atoms with E-state index in [9.17, 15) is 4.79 Å². The number of carboxylic acids is 1. The van der Waals surface area contributed by atoms with Crippen molar-refractivity contribution in [2.45, 2.75) is 32.8 Å². The minimum Gasteiger partial charge on any atom is -0.489 e. The van der Waals surface area contributed by atoms with E-state index in [0.29, 0.717) is 32.6 Å². The minimum atomic E-state index is -1.05. The number of halogens is 2. The largest absolute Gasteiger partial charge is 0.489 e. The molecule has 0 spiro atoms. The Balaban J connectivity index is 1.39. The monoisotopic (exact) mass is 546 g/mol. The van der Waals surface area contributed by atoms with Crippen LogP contribution in [0.1, 0.15) is 48.0 Å². The van der Waals surface area contributed by atoms with Gasteiger partial charge in [-0.1, -0.05) is 72.5 Å². The average Bonchev–Trinajstić information content (AvgIpc) is 3.34. The van der Waals surface area contributed by atoms with Gasteiger partial charge < -0.3 is 14.4 Å². The fourth-order valence-electron chi connectivity index (χ4n) is 4.28. The molecule has 2 heterocycles. The lowest BCUT2D eigenvalue weighted by molar-refractivity contribution is 0.0691. The van der Waals surface area contributed by atoms with Crippen LogP contribution in [0.25, 0.3) is 33.3 Å². The molecule has 0 aliphatic heterocycles. The number of rotatable bonds is 8. The second-order valence-electron chi connectivity index (χ2n) is 9.00. The van der Waals surface area contributed by atoms with Crippen LogP contribution in [0.15, 0.2) is 77.3 Å². The van der Waals surface area contributed by atoms with Crippen molar-refractivity contribution in [2.75, 3.05) is 0 Å². The van der Waals surface area contributed by atoms with E-state index < -0.39 is 5.97 Å². The van der Waals surface area contributed by atoms with Crippen LogP contribution in [0.3, 0.4) is 0 Å². The number of hydrogen-bond donors (Lipinski definition) is 1. The highest BCUT2D eigenvalue weighted by molar-refractivity contribution is 6.39. The number of benzene rings is 3. The summed E-state index contributed by atoms with van der Waals surface area (Å²) in [5.74, 6) is 0.546. The van der Waals surface area contributed by atoms with E-state index in [1.165, 1.54) is 6.07 Å². The van der Waals surface area contributed by atoms with Gasteiger partial charge in [0, 0.05) is 16.9 Å². The Hall–Kier alpha value is -3.87. The van der Waals surface area contributed by atoms with Gasteiger partial charge in [-0.05, 0) is 60.0 Å². The number of nitrogens with zero attached hydrogens (tertiary/aromatic N) is 2. The summed E-state index contributed by atoms with van der Waals surface area (Å²) in [6, 6.07) is 22.1. The Kier molecular flexibility index (Phi) is 7.36. The van der Waals surface area contributed by atoms with E-state index in [1.54, 1.807) is 24.3 Å². The first-order valence-electron chi connectivity index (χ1n) is 12.2. The number of carboxylic acid groups (broad SMARTS) is 1. The highest BCUT2D eigenvalue weighted by Crippen LogP contribution is 2.39. The van der Waals surface area contributed by atoms with E-state index >= 15 is 0 Å². The second-order valence-corrected chi connectivity index (χ2v) is 9.82. The zero-order valence-corrected chi connectivity index (χ0v) is 22.3. The molecule has 0 amide bonds. The van der Waals surface area contributed by atoms with E-state index in [1.807, 2.05) is 42.5 Å². The molecule has 38 heavy (non-hydrogen) atoms. The third-order valence-corrected chi connectivity index (χ3v) is 7.19. The Morgan fingerprint density at radius 3 is 2.39 bits per heavy atom. The maximum atomic E-state index is 11.2. The van der Waals surface area contributed by atoms with Gasteiger partial charge >= 0.3 is 5.97 Å². The van der Waals surface area contributed by atoms with Gasteiger partial charge in [0.15, 0.2) is 0 Å². The van der Waals surface area contributed by atoms with Crippen molar-refractivity contribution in [2.24, 2.45) is 0 Å². The molecule has 0 radical (unpaired) electrons. The summed E-state index contributed by atoms with van der Waals surface area (Å²) in [7, 11) is 0. The van der Waals surface area contributed by atoms with E-state index in [2.05, 4.69) is 24.0 Å². The SMILES string of the molecule is CCC(C)c1onc(-c2c(Cl)cccc2Cl)c1COc1ccc(-c2ccc3nc(C(=O)O)ccc3c2)cc1. The Bertz CT molecular complexity index is 1610. The zero-order chi connectivity index (χ0) is 26.8. The molecule has 2 aromatic heterocycles. The number of ether oxygens (including phenoxy) is 1. The molecule has 6 nitrogen and oxygen atoms in total. The lowest BCUT2D eigenvalue weighted by atomic mass is 9.98. The molecule has 1 unspecified atom stereocenters. The van der Waals surface area contributed by atoms with Crippen LogP contribution in [-0.2, 0) is 6.61 Å². The predicted octanol–water partition coefficient (Wildman–Crippen LogP) is 8.65. The molecular weight excluding hydrogens is 523 g/mol. The Morgan fingerprint density at radius 2 is 1.71 bits per heavy atom. The first-order valence-corrected chi connectivity index (χ1v) is 12.9. The van der Waals surface area contributed by atoms with Gasteiger partial charge in [-0.2, -0.15) is 0 Å². The number of pyridine rings is 1. The van der Waals surface area contributed by atoms with Crippen molar-refractivity contribution in [3.63, 3.8) is 0 Å². The second kappa shape index (κ2) is 10.9. The van der Waals surface area contributed by atoms with Crippen molar-refractivity contribution < 1.29 is 19.2 Å². The van der Waals surface area contributed by atoms with Crippen molar-refractivity contribution in [1.29, 1.82) is 0 Å². The molecule has 5 aromatic rings. The first-order chi connectivity index (χ1) is 18.4. The molecule has 0 fully saturated rings. The van der Waals surface area contributed by atoms with Crippen molar-refractivity contribution >= 4 is 40.1 Å². The van der Waals surface area contributed by atoms with Gasteiger partial charge in [0.25, 0.3) is 0 Å². The molecule has 0 aliphatic carbocycles. The first kappa shape index (κ1) is 25.8. The molecule has 192 valence electrons. The molecule has 3 aromatic carbocycles. The summed E-state index contributed by atoms with van der Waals surface area (Å²) in [6.07, 6.45) is 0.880. The summed E-state index contributed by atoms with van der Waals surface area (Å²) in [5.41, 5.74) is 4.68. The molecule has 5 rings (SSSR count). The molecule has 8 heteroatoms. The number of carbonyl (C=O) groups is 1. The van der Waals surface area contributed by atoms with E-state index in [-0.39, 0.29) is 18.2 Å². The van der Waals surface area contributed by atoms with Crippen molar-refractivity contribution in [3.05, 3.63) is 99.9 Å². The normalized spacial score (nSPS) is 12.0. The number of aromatic carboxylic acids is 1. The maximum absolute atomic E-state index is 11.2. The molecule has 0 saturated heterocycles. The fraction of sp³-hybridized carbons (Fsp3) is 0.167. The predicted molar refractivity (Wildman–Crippen MR) is 149 cm³/mol. The zero-order valence-electron chi connectivity index (χ0n) is 20.7. The number of fused-ring (bicyclic) bond motifs is 1. The van der Waals surface area contributed by atoms with Gasteiger partial charge in [0.1, 0.15) is 29.5 Å². The molecule has 1 N–H and O–H groups in total. The van der Waals surface area contributed by atoms with Gasteiger partial charge in [0.2, 0.25) is 0 Å².